The van der Waals surface area contributed by atoms with Crippen LogP contribution in [0.1, 0.15) is 43.3 Å². The summed E-state index contributed by atoms with van der Waals surface area (Å²) in [4.78, 5) is 0. The van der Waals surface area contributed by atoms with Gasteiger partial charge in [0.05, 0.1) is 6.54 Å². The number of benzene rings is 1. The van der Waals surface area contributed by atoms with Gasteiger partial charge in [0.2, 0.25) is 0 Å². The quantitative estimate of drug-likeness (QED) is 0.846. The SMILES string of the molecule is CCc1ccccc1NCc1ccc(C2CC2C)o1. The predicted molar refractivity (Wildman–Crippen MR) is 78.4 cm³/mol. The van der Waals surface area contributed by atoms with Crippen LogP contribution in [-0.4, -0.2) is 0 Å². The van der Waals surface area contributed by atoms with E-state index in [0.717, 1.165) is 30.4 Å². The lowest BCUT2D eigenvalue weighted by Gasteiger charge is -2.09. The van der Waals surface area contributed by atoms with Gasteiger partial charge in [0.15, 0.2) is 0 Å². The fraction of sp³-hybridized carbons (Fsp3) is 0.412. The van der Waals surface area contributed by atoms with Crippen molar-refractivity contribution in [2.75, 3.05) is 5.32 Å². The molecule has 2 heteroatoms. The van der Waals surface area contributed by atoms with Crippen LogP contribution in [0, 0.1) is 5.92 Å². The minimum Gasteiger partial charge on any atom is -0.464 e. The van der Waals surface area contributed by atoms with Crippen LogP contribution < -0.4 is 5.32 Å². The van der Waals surface area contributed by atoms with Crippen LogP contribution in [0.5, 0.6) is 0 Å². The van der Waals surface area contributed by atoms with Crippen molar-refractivity contribution in [1.82, 2.24) is 0 Å². The number of rotatable bonds is 5. The maximum Gasteiger partial charge on any atom is 0.123 e. The van der Waals surface area contributed by atoms with E-state index in [4.69, 9.17) is 4.42 Å². The molecule has 1 aromatic heterocycles. The molecule has 1 aromatic carbocycles. The topological polar surface area (TPSA) is 25.2 Å². The number of nitrogens with one attached hydrogen (secondary N) is 1. The Hall–Kier alpha value is -1.70. The molecule has 0 bridgehead atoms. The van der Waals surface area contributed by atoms with Gasteiger partial charge in [0, 0.05) is 11.6 Å². The number of hydrogen-bond acceptors (Lipinski definition) is 2. The largest absolute Gasteiger partial charge is 0.464 e. The zero-order valence-corrected chi connectivity index (χ0v) is 11.6. The molecule has 0 amide bonds. The number of aryl methyl sites for hydroxylation is 1. The molecule has 1 heterocycles. The molecule has 2 aromatic rings. The number of anilines is 1. The van der Waals surface area contributed by atoms with Crippen molar-refractivity contribution < 1.29 is 4.42 Å². The molecule has 1 N–H and O–H groups in total. The molecule has 100 valence electrons. The first-order valence-corrected chi connectivity index (χ1v) is 7.18. The van der Waals surface area contributed by atoms with E-state index in [1.54, 1.807) is 0 Å². The number of hydrogen-bond donors (Lipinski definition) is 1. The molecule has 19 heavy (non-hydrogen) atoms. The third-order valence-corrected chi connectivity index (χ3v) is 4.01. The van der Waals surface area contributed by atoms with E-state index >= 15 is 0 Å². The Labute approximate surface area is 114 Å². The summed E-state index contributed by atoms with van der Waals surface area (Å²) in [7, 11) is 0. The molecular formula is C17H21NO. The fourth-order valence-electron chi connectivity index (χ4n) is 2.59. The highest BCUT2D eigenvalue weighted by Gasteiger charge is 2.36. The van der Waals surface area contributed by atoms with E-state index in [2.05, 4.69) is 55.6 Å². The molecule has 0 aliphatic heterocycles. The molecule has 3 rings (SSSR count). The highest BCUT2D eigenvalue weighted by atomic mass is 16.3. The van der Waals surface area contributed by atoms with Gasteiger partial charge in [0.1, 0.15) is 11.5 Å². The average Bonchev–Trinajstić information content (AvgIpc) is 2.99. The van der Waals surface area contributed by atoms with Crippen LogP contribution in [0.15, 0.2) is 40.8 Å². The van der Waals surface area contributed by atoms with E-state index in [1.165, 1.54) is 17.7 Å². The Morgan fingerprint density at radius 2 is 2.00 bits per heavy atom. The maximum atomic E-state index is 5.91. The van der Waals surface area contributed by atoms with Crippen molar-refractivity contribution >= 4 is 5.69 Å². The van der Waals surface area contributed by atoms with Crippen LogP contribution in [0.2, 0.25) is 0 Å². The van der Waals surface area contributed by atoms with E-state index < -0.39 is 0 Å². The molecule has 1 aliphatic rings. The first-order valence-electron chi connectivity index (χ1n) is 7.18. The van der Waals surface area contributed by atoms with Crippen molar-refractivity contribution in [2.24, 2.45) is 5.92 Å². The Bertz CT molecular complexity index is 558. The van der Waals surface area contributed by atoms with Crippen LogP contribution in [-0.2, 0) is 13.0 Å². The summed E-state index contributed by atoms with van der Waals surface area (Å²) in [6, 6.07) is 12.7. The minimum absolute atomic E-state index is 0.664. The summed E-state index contributed by atoms with van der Waals surface area (Å²) in [5, 5.41) is 3.47. The van der Waals surface area contributed by atoms with E-state index in [0.29, 0.717) is 5.92 Å². The van der Waals surface area contributed by atoms with Gasteiger partial charge in [-0.05, 0) is 42.5 Å². The highest BCUT2D eigenvalue weighted by Crippen LogP contribution is 2.47. The summed E-state index contributed by atoms with van der Waals surface area (Å²) in [6.07, 6.45) is 2.32. The van der Waals surface area contributed by atoms with Gasteiger partial charge < -0.3 is 9.73 Å². The zero-order valence-electron chi connectivity index (χ0n) is 11.6. The molecule has 1 fully saturated rings. The van der Waals surface area contributed by atoms with E-state index in [1.807, 2.05) is 0 Å². The molecule has 2 atom stereocenters. The van der Waals surface area contributed by atoms with Gasteiger partial charge in [-0.3, -0.25) is 0 Å². The van der Waals surface area contributed by atoms with Gasteiger partial charge >= 0.3 is 0 Å². The molecule has 0 radical (unpaired) electrons. The minimum atomic E-state index is 0.664. The summed E-state index contributed by atoms with van der Waals surface area (Å²) < 4.78 is 5.91. The smallest absolute Gasteiger partial charge is 0.123 e. The van der Waals surface area contributed by atoms with Crippen molar-refractivity contribution in [3.63, 3.8) is 0 Å². The third-order valence-electron chi connectivity index (χ3n) is 4.01. The van der Waals surface area contributed by atoms with Crippen molar-refractivity contribution in [1.29, 1.82) is 0 Å². The van der Waals surface area contributed by atoms with Crippen molar-refractivity contribution in [3.8, 4) is 0 Å². The van der Waals surface area contributed by atoms with Gasteiger partial charge in [0.25, 0.3) is 0 Å². The Balaban J connectivity index is 1.64. The average molecular weight is 255 g/mol. The van der Waals surface area contributed by atoms with Crippen molar-refractivity contribution in [3.05, 3.63) is 53.5 Å². The summed E-state index contributed by atoms with van der Waals surface area (Å²) >= 11 is 0. The van der Waals surface area contributed by atoms with Gasteiger partial charge in [-0.2, -0.15) is 0 Å². The first-order chi connectivity index (χ1) is 9.28. The lowest BCUT2D eigenvalue weighted by atomic mass is 10.1. The molecular weight excluding hydrogens is 234 g/mol. The maximum absolute atomic E-state index is 5.91. The summed E-state index contributed by atoms with van der Waals surface area (Å²) in [5.74, 6) is 3.65. The molecule has 1 aliphatic carbocycles. The predicted octanol–water partition coefficient (Wildman–Crippen LogP) is 4.58. The van der Waals surface area contributed by atoms with Crippen LogP contribution in [0.4, 0.5) is 5.69 Å². The van der Waals surface area contributed by atoms with Gasteiger partial charge in [-0.25, -0.2) is 0 Å². The first kappa shape index (κ1) is 12.3. The normalized spacial score (nSPS) is 21.4. The second-order valence-electron chi connectivity index (χ2n) is 5.49. The molecule has 2 nitrogen and oxygen atoms in total. The monoisotopic (exact) mass is 255 g/mol. The molecule has 0 saturated heterocycles. The van der Waals surface area contributed by atoms with Crippen LogP contribution in [0.3, 0.4) is 0 Å². The van der Waals surface area contributed by atoms with Crippen LogP contribution in [0.25, 0.3) is 0 Å². The lowest BCUT2D eigenvalue weighted by molar-refractivity contribution is 0.468. The lowest BCUT2D eigenvalue weighted by Crippen LogP contribution is -2.00. The second-order valence-corrected chi connectivity index (χ2v) is 5.49. The zero-order chi connectivity index (χ0) is 13.2. The Morgan fingerprint density at radius 3 is 2.74 bits per heavy atom. The molecule has 0 spiro atoms. The summed E-state index contributed by atoms with van der Waals surface area (Å²) in [5.41, 5.74) is 2.56. The van der Waals surface area contributed by atoms with Gasteiger partial charge in [-0.1, -0.05) is 32.0 Å². The van der Waals surface area contributed by atoms with E-state index in [-0.39, 0.29) is 0 Å². The summed E-state index contributed by atoms with van der Waals surface area (Å²) in [6.45, 7) is 5.22. The Morgan fingerprint density at radius 1 is 1.21 bits per heavy atom. The Kier molecular flexibility index (Phi) is 3.33. The fourth-order valence-corrected chi connectivity index (χ4v) is 2.59. The highest BCUT2D eigenvalue weighted by molar-refractivity contribution is 5.51. The van der Waals surface area contributed by atoms with Crippen molar-refractivity contribution in [2.45, 2.75) is 39.2 Å². The molecule has 2 unspecified atom stereocenters. The number of para-hydroxylation sites is 1. The van der Waals surface area contributed by atoms with Gasteiger partial charge in [-0.15, -0.1) is 0 Å². The molecule has 1 saturated carbocycles. The third kappa shape index (κ3) is 2.67. The number of furan rings is 1. The standard InChI is InChI=1S/C17H21NO/c1-3-13-6-4-5-7-16(13)18-11-14-8-9-17(19-14)15-10-12(15)2/h4-9,12,15,18H,3,10-11H2,1-2H3. The van der Waals surface area contributed by atoms with E-state index in [9.17, 15) is 0 Å². The van der Waals surface area contributed by atoms with Crippen LogP contribution >= 0.6 is 0 Å². The second kappa shape index (κ2) is 5.12.